The van der Waals surface area contributed by atoms with Crippen molar-refractivity contribution in [1.82, 2.24) is 14.4 Å². The Kier molecular flexibility index (Phi) is 5.12. The van der Waals surface area contributed by atoms with Crippen LogP contribution in [0.3, 0.4) is 0 Å². The number of hydrogen-bond donors (Lipinski definition) is 0. The maximum atomic E-state index is 12.7. The topological polar surface area (TPSA) is 119 Å². The van der Waals surface area contributed by atoms with Crippen LogP contribution in [0, 0.1) is 10.1 Å². The van der Waals surface area contributed by atoms with Crippen molar-refractivity contribution in [3.05, 3.63) is 70.6 Å². The van der Waals surface area contributed by atoms with Gasteiger partial charge in [-0.25, -0.2) is 8.42 Å². The Morgan fingerprint density at radius 3 is 2.31 bits per heavy atom. The third-order valence-corrected chi connectivity index (χ3v) is 6.88. The molecule has 0 radical (unpaired) electrons. The molecule has 1 saturated heterocycles. The zero-order valence-electron chi connectivity index (χ0n) is 15.3. The first-order valence-corrected chi connectivity index (χ1v) is 10.5. The predicted octanol–water partition coefficient (Wildman–Crippen LogP) is 3.21. The number of nitro groups is 1. The summed E-state index contributed by atoms with van der Waals surface area (Å²) in [6.07, 6.45) is 1.15. The molecule has 0 saturated carbocycles. The van der Waals surface area contributed by atoms with Gasteiger partial charge in [-0.05, 0) is 37.1 Å². The Hall–Kier alpha value is -3.11. The first-order valence-electron chi connectivity index (χ1n) is 9.09. The Bertz CT molecular complexity index is 1110. The lowest BCUT2D eigenvalue weighted by Gasteiger charge is -2.29. The number of rotatable bonds is 5. The molecule has 2 heterocycles. The fourth-order valence-electron chi connectivity index (χ4n) is 3.34. The molecule has 0 amide bonds. The average Bonchev–Trinajstić information content (AvgIpc) is 3.25. The van der Waals surface area contributed by atoms with Crippen LogP contribution in [0.15, 0.2) is 64.0 Å². The number of nitro benzene ring substituents is 1. The van der Waals surface area contributed by atoms with E-state index in [9.17, 15) is 18.5 Å². The van der Waals surface area contributed by atoms with Gasteiger partial charge in [0.1, 0.15) is 0 Å². The molecule has 1 aliphatic heterocycles. The number of piperidine rings is 1. The molecule has 29 heavy (non-hydrogen) atoms. The molecular weight excluding hydrogens is 396 g/mol. The Labute approximate surface area is 167 Å². The summed E-state index contributed by atoms with van der Waals surface area (Å²) in [6, 6.07) is 14.3. The van der Waals surface area contributed by atoms with Crippen molar-refractivity contribution < 1.29 is 17.9 Å². The van der Waals surface area contributed by atoms with Gasteiger partial charge in [-0.2, -0.15) is 9.29 Å². The van der Waals surface area contributed by atoms with Crippen LogP contribution in [-0.2, 0) is 10.0 Å². The van der Waals surface area contributed by atoms with E-state index in [1.807, 2.05) is 0 Å². The second-order valence-corrected chi connectivity index (χ2v) is 8.69. The lowest BCUT2D eigenvalue weighted by Crippen LogP contribution is -2.37. The summed E-state index contributed by atoms with van der Waals surface area (Å²) in [5.41, 5.74) is 0.610. The standard InChI is InChI=1S/C19H18N4O5S/c24-23(25)16-8-6-14(7-9-16)18-20-19(28-21-18)15-10-12-22(13-11-15)29(26,27)17-4-2-1-3-5-17/h1-9,15H,10-13H2. The van der Waals surface area contributed by atoms with E-state index < -0.39 is 14.9 Å². The molecular formula is C19H18N4O5S. The van der Waals surface area contributed by atoms with Gasteiger partial charge in [-0.3, -0.25) is 10.1 Å². The van der Waals surface area contributed by atoms with E-state index in [0.717, 1.165) is 0 Å². The van der Waals surface area contributed by atoms with Gasteiger partial charge in [0.05, 0.1) is 9.82 Å². The highest BCUT2D eigenvalue weighted by molar-refractivity contribution is 7.89. The molecule has 0 aliphatic carbocycles. The molecule has 2 aromatic carbocycles. The van der Waals surface area contributed by atoms with Crippen LogP contribution in [0.4, 0.5) is 5.69 Å². The van der Waals surface area contributed by atoms with Crippen molar-refractivity contribution in [2.45, 2.75) is 23.7 Å². The minimum absolute atomic E-state index is 0.00975. The largest absolute Gasteiger partial charge is 0.339 e. The number of nitrogens with zero attached hydrogens (tertiary/aromatic N) is 4. The Morgan fingerprint density at radius 1 is 1.03 bits per heavy atom. The number of benzene rings is 2. The van der Waals surface area contributed by atoms with E-state index in [-0.39, 0.29) is 16.5 Å². The summed E-state index contributed by atoms with van der Waals surface area (Å²) in [5.74, 6) is 0.779. The van der Waals surface area contributed by atoms with Crippen LogP contribution in [0.2, 0.25) is 0 Å². The van der Waals surface area contributed by atoms with E-state index in [4.69, 9.17) is 4.52 Å². The highest BCUT2D eigenvalue weighted by atomic mass is 32.2. The van der Waals surface area contributed by atoms with Gasteiger partial charge in [0.2, 0.25) is 21.7 Å². The molecule has 4 rings (SSSR count). The van der Waals surface area contributed by atoms with Gasteiger partial charge < -0.3 is 4.52 Å². The monoisotopic (exact) mass is 414 g/mol. The highest BCUT2D eigenvalue weighted by Crippen LogP contribution is 2.31. The summed E-state index contributed by atoms with van der Waals surface area (Å²) in [6.45, 7) is 0.744. The molecule has 1 aromatic heterocycles. The third-order valence-electron chi connectivity index (χ3n) is 4.96. The maximum absolute atomic E-state index is 12.7. The third kappa shape index (κ3) is 3.89. The van der Waals surface area contributed by atoms with Crippen LogP contribution in [-0.4, -0.2) is 40.9 Å². The second kappa shape index (κ2) is 7.72. The minimum Gasteiger partial charge on any atom is -0.339 e. The van der Waals surface area contributed by atoms with Crippen molar-refractivity contribution in [2.24, 2.45) is 0 Å². The molecule has 0 spiro atoms. The average molecular weight is 414 g/mol. The van der Waals surface area contributed by atoms with Gasteiger partial charge in [0.25, 0.3) is 5.69 Å². The van der Waals surface area contributed by atoms with Crippen LogP contribution in [0.1, 0.15) is 24.7 Å². The molecule has 150 valence electrons. The van der Waals surface area contributed by atoms with Crippen LogP contribution < -0.4 is 0 Å². The molecule has 10 heteroatoms. The predicted molar refractivity (Wildman–Crippen MR) is 104 cm³/mol. The summed E-state index contributed by atoms with van der Waals surface area (Å²) in [7, 11) is -3.50. The maximum Gasteiger partial charge on any atom is 0.269 e. The van der Waals surface area contributed by atoms with Gasteiger partial charge in [0, 0.05) is 36.7 Å². The van der Waals surface area contributed by atoms with Crippen molar-refractivity contribution >= 4 is 15.7 Å². The zero-order chi connectivity index (χ0) is 20.4. The Morgan fingerprint density at radius 2 is 1.69 bits per heavy atom. The summed E-state index contributed by atoms with van der Waals surface area (Å²) < 4.78 is 32.3. The second-order valence-electron chi connectivity index (χ2n) is 6.75. The zero-order valence-corrected chi connectivity index (χ0v) is 16.2. The molecule has 1 fully saturated rings. The molecule has 0 atom stereocenters. The van der Waals surface area contributed by atoms with Crippen molar-refractivity contribution in [1.29, 1.82) is 0 Å². The number of non-ortho nitro benzene ring substituents is 1. The molecule has 3 aromatic rings. The van der Waals surface area contributed by atoms with Crippen LogP contribution in [0.5, 0.6) is 0 Å². The van der Waals surface area contributed by atoms with E-state index in [0.29, 0.717) is 43.2 Å². The van der Waals surface area contributed by atoms with Crippen LogP contribution in [0.25, 0.3) is 11.4 Å². The van der Waals surface area contributed by atoms with Gasteiger partial charge in [-0.1, -0.05) is 23.4 Å². The highest BCUT2D eigenvalue weighted by Gasteiger charge is 2.32. The summed E-state index contributed by atoms with van der Waals surface area (Å²) in [5, 5.41) is 14.7. The molecule has 0 N–H and O–H groups in total. The van der Waals surface area contributed by atoms with E-state index in [1.165, 1.54) is 16.4 Å². The smallest absolute Gasteiger partial charge is 0.269 e. The van der Waals surface area contributed by atoms with Gasteiger partial charge in [-0.15, -0.1) is 0 Å². The minimum atomic E-state index is -3.50. The summed E-state index contributed by atoms with van der Waals surface area (Å²) in [4.78, 5) is 15.0. The van der Waals surface area contributed by atoms with Gasteiger partial charge in [0.15, 0.2) is 0 Å². The first kappa shape index (κ1) is 19.2. The van der Waals surface area contributed by atoms with E-state index >= 15 is 0 Å². The number of aromatic nitrogens is 2. The van der Waals surface area contributed by atoms with Crippen molar-refractivity contribution in [3.8, 4) is 11.4 Å². The quantitative estimate of drug-likeness (QED) is 0.464. The van der Waals surface area contributed by atoms with Crippen molar-refractivity contribution in [3.63, 3.8) is 0 Å². The van der Waals surface area contributed by atoms with Crippen molar-refractivity contribution in [2.75, 3.05) is 13.1 Å². The lowest BCUT2D eigenvalue weighted by atomic mass is 9.98. The molecule has 0 unspecified atom stereocenters. The SMILES string of the molecule is O=[N+]([O-])c1ccc(-c2noc(C3CCN(S(=O)(=O)c4ccccc4)CC3)n2)cc1. The first-order chi connectivity index (χ1) is 13.9. The van der Waals surface area contributed by atoms with E-state index in [2.05, 4.69) is 10.1 Å². The molecule has 9 nitrogen and oxygen atoms in total. The van der Waals surface area contributed by atoms with Gasteiger partial charge >= 0.3 is 0 Å². The fourth-order valence-corrected chi connectivity index (χ4v) is 4.83. The summed E-state index contributed by atoms with van der Waals surface area (Å²) >= 11 is 0. The molecule has 1 aliphatic rings. The lowest BCUT2D eigenvalue weighted by molar-refractivity contribution is -0.384. The molecule has 0 bridgehead atoms. The number of sulfonamides is 1. The van der Waals surface area contributed by atoms with E-state index in [1.54, 1.807) is 42.5 Å². The van der Waals surface area contributed by atoms with Crippen LogP contribution >= 0.6 is 0 Å². The normalized spacial score (nSPS) is 16.0. The fraction of sp³-hybridized carbons (Fsp3) is 0.263. The Balaban J connectivity index is 1.44. The number of hydrogen-bond acceptors (Lipinski definition) is 7.